The van der Waals surface area contributed by atoms with E-state index in [1.807, 2.05) is 6.07 Å². The van der Waals surface area contributed by atoms with Crippen molar-refractivity contribution >= 4 is 17.3 Å². The Labute approximate surface area is 102 Å². The lowest BCUT2D eigenvalue weighted by Crippen LogP contribution is -2.20. The molecule has 1 amide bonds. The predicted molar refractivity (Wildman–Crippen MR) is 69.3 cm³/mol. The Morgan fingerprint density at radius 3 is 2.82 bits per heavy atom. The SMILES string of the molecule is O=C1CCc2cc(NC3CCCC3)ccc2N1. The van der Waals surface area contributed by atoms with Crippen molar-refractivity contribution in [2.75, 3.05) is 10.6 Å². The van der Waals surface area contributed by atoms with E-state index in [1.165, 1.54) is 36.9 Å². The van der Waals surface area contributed by atoms with E-state index in [0.29, 0.717) is 12.5 Å². The molecule has 3 heteroatoms. The molecule has 0 spiro atoms. The van der Waals surface area contributed by atoms with Gasteiger partial charge >= 0.3 is 0 Å². The summed E-state index contributed by atoms with van der Waals surface area (Å²) in [6.45, 7) is 0. The maximum absolute atomic E-state index is 11.3. The highest BCUT2D eigenvalue weighted by Crippen LogP contribution is 2.28. The van der Waals surface area contributed by atoms with Crippen molar-refractivity contribution in [2.45, 2.75) is 44.6 Å². The van der Waals surface area contributed by atoms with Crippen molar-refractivity contribution in [3.8, 4) is 0 Å². The highest BCUT2D eigenvalue weighted by atomic mass is 16.1. The molecule has 1 aliphatic carbocycles. The molecule has 0 saturated heterocycles. The quantitative estimate of drug-likeness (QED) is 0.820. The van der Waals surface area contributed by atoms with Crippen LogP contribution in [-0.2, 0) is 11.2 Å². The van der Waals surface area contributed by atoms with Crippen molar-refractivity contribution in [1.82, 2.24) is 0 Å². The number of anilines is 2. The number of benzene rings is 1. The molecule has 0 aromatic heterocycles. The van der Waals surface area contributed by atoms with Gasteiger partial charge in [0.15, 0.2) is 0 Å². The van der Waals surface area contributed by atoms with Crippen LogP contribution >= 0.6 is 0 Å². The standard InChI is InChI=1S/C14H18N2O/c17-14-8-5-10-9-12(6-7-13(10)16-14)15-11-3-1-2-4-11/h6-7,9,11,15H,1-5,8H2,(H,16,17). The van der Waals surface area contributed by atoms with Gasteiger partial charge in [-0.25, -0.2) is 0 Å². The third kappa shape index (κ3) is 2.28. The first kappa shape index (κ1) is 10.6. The third-order valence-electron chi connectivity index (χ3n) is 3.73. The molecular formula is C14H18N2O. The first-order valence-corrected chi connectivity index (χ1v) is 6.50. The van der Waals surface area contributed by atoms with Crippen LogP contribution in [-0.4, -0.2) is 11.9 Å². The summed E-state index contributed by atoms with van der Waals surface area (Å²) in [5.41, 5.74) is 3.44. The molecule has 0 bridgehead atoms. The number of nitrogens with one attached hydrogen (secondary N) is 2. The van der Waals surface area contributed by atoms with Gasteiger partial charge in [0.25, 0.3) is 0 Å². The van der Waals surface area contributed by atoms with Gasteiger partial charge in [0.05, 0.1) is 0 Å². The number of fused-ring (bicyclic) bond motifs is 1. The summed E-state index contributed by atoms with van der Waals surface area (Å²) in [4.78, 5) is 11.3. The fourth-order valence-electron chi connectivity index (χ4n) is 2.78. The molecule has 3 rings (SSSR count). The molecule has 1 aliphatic heterocycles. The Hall–Kier alpha value is -1.51. The van der Waals surface area contributed by atoms with Crippen LogP contribution in [0.15, 0.2) is 18.2 Å². The highest BCUT2D eigenvalue weighted by molar-refractivity contribution is 5.94. The van der Waals surface area contributed by atoms with Crippen molar-refractivity contribution in [1.29, 1.82) is 0 Å². The molecule has 2 N–H and O–H groups in total. The van der Waals surface area contributed by atoms with Crippen LogP contribution < -0.4 is 10.6 Å². The van der Waals surface area contributed by atoms with E-state index < -0.39 is 0 Å². The number of hydrogen-bond acceptors (Lipinski definition) is 2. The smallest absolute Gasteiger partial charge is 0.224 e. The minimum atomic E-state index is 0.133. The van der Waals surface area contributed by atoms with E-state index in [-0.39, 0.29) is 5.91 Å². The van der Waals surface area contributed by atoms with E-state index in [4.69, 9.17) is 0 Å². The molecule has 0 unspecified atom stereocenters. The van der Waals surface area contributed by atoms with Gasteiger partial charge in [-0.15, -0.1) is 0 Å². The second-order valence-corrected chi connectivity index (χ2v) is 5.05. The van der Waals surface area contributed by atoms with Crippen LogP contribution in [0, 0.1) is 0 Å². The van der Waals surface area contributed by atoms with Crippen LogP contribution in [0.25, 0.3) is 0 Å². The largest absolute Gasteiger partial charge is 0.382 e. The first-order chi connectivity index (χ1) is 8.31. The summed E-state index contributed by atoms with van der Waals surface area (Å²) < 4.78 is 0. The molecule has 0 atom stereocenters. The number of hydrogen-bond donors (Lipinski definition) is 2. The minimum Gasteiger partial charge on any atom is -0.382 e. The lowest BCUT2D eigenvalue weighted by Gasteiger charge is -2.19. The molecule has 3 nitrogen and oxygen atoms in total. The van der Waals surface area contributed by atoms with E-state index in [2.05, 4.69) is 22.8 Å². The molecule has 0 radical (unpaired) electrons. The topological polar surface area (TPSA) is 41.1 Å². The van der Waals surface area contributed by atoms with Crippen LogP contribution in [0.3, 0.4) is 0 Å². The summed E-state index contributed by atoms with van der Waals surface area (Å²) in [5, 5.41) is 6.50. The van der Waals surface area contributed by atoms with Gasteiger partial charge in [0, 0.05) is 23.8 Å². The minimum absolute atomic E-state index is 0.133. The van der Waals surface area contributed by atoms with Crippen molar-refractivity contribution < 1.29 is 4.79 Å². The van der Waals surface area contributed by atoms with E-state index in [0.717, 1.165) is 12.1 Å². The van der Waals surface area contributed by atoms with Gasteiger partial charge in [0.2, 0.25) is 5.91 Å². The summed E-state index contributed by atoms with van der Waals surface area (Å²) in [6.07, 6.45) is 6.74. The number of aryl methyl sites for hydroxylation is 1. The molecule has 2 aliphatic rings. The average molecular weight is 230 g/mol. The fourth-order valence-corrected chi connectivity index (χ4v) is 2.78. The normalized spacial score (nSPS) is 19.9. The van der Waals surface area contributed by atoms with E-state index in [9.17, 15) is 4.79 Å². The van der Waals surface area contributed by atoms with Crippen molar-refractivity contribution in [3.05, 3.63) is 23.8 Å². The maximum Gasteiger partial charge on any atom is 0.224 e. The van der Waals surface area contributed by atoms with Gasteiger partial charge in [0.1, 0.15) is 0 Å². The monoisotopic (exact) mass is 230 g/mol. The molecule has 1 heterocycles. The van der Waals surface area contributed by atoms with Crippen LogP contribution in [0.1, 0.15) is 37.7 Å². The predicted octanol–water partition coefficient (Wildman–Crippen LogP) is 2.93. The van der Waals surface area contributed by atoms with Gasteiger partial charge in [-0.3, -0.25) is 4.79 Å². The number of amides is 1. The molecular weight excluding hydrogens is 212 g/mol. The molecule has 1 aromatic rings. The zero-order valence-corrected chi connectivity index (χ0v) is 9.96. The summed E-state index contributed by atoms with van der Waals surface area (Å²) >= 11 is 0. The van der Waals surface area contributed by atoms with E-state index in [1.54, 1.807) is 0 Å². The Morgan fingerprint density at radius 1 is 1.18 bits per heavy atom. The lowest BCUT2D eigenvalue weighted by molar-refractivity contribution is -0.116. The second-order valence-electron chi connectivity index (χ2n) is 5.05. The zero-order valence-electron chi connectivity index (χ0n) is 9.96. The third-order valence-corrected chi connectivity index (χ3v) is 3.73. The van der Waals surface area contributed by atoms with Crippen molar-refractivity contribution in [3.63, 3.8) is 0 Å². The summed E-state index contributed by atoms with van der Waals surface area (Å²) in [6, 6.07) is 6.92. The van der Waals surface area contributed by atoms with Gasteiger partial charge in [-0.2, -0.15) is 0 Å². The molecule has 1 fully saturated rings. The number of rotatable bonds is 2. The number of carbonyl (C=O) groups is 1. The fraction of sp³-hybridized carbons (Fsp3) is 0.500. The zero-order chi connectivity index (χ0) is 11.7. The number of carbonyl (C=O) groups excluding carboxylic acids is 1. The highest BCUT2D eigenvalue weighted by Gasteiger charge is 2.17. The van der Waals surface area contributed by atoms with Crippen molar-refractivity contribution in [2.24, 2.45) is 0 Å². The Bertz CT molecular complexity index is 436. The molecule has 17 heavy (non-hydrogen) atoms. The summed E-state index contributed by atoms with van der Waals surface area (Å²) in [5.74, 6) is 0.133. The Kier molecular flexibility index (Phi) is 2.75. The van der Waals surface area contributed by atoms with E-state index >= 15 is 0 Å². The van der Waals surface area contributed by atoms with Gasteiger partial charge in [-0.1, -0.05) is 12.8 Å². The van der Waals surface area contributed by atoms with Crippen LogP contribution in [0.5, 0.6) is 0 Å². The van der Waals surface area contributed by atoms with Gasteiger partial charge < -0.3 is 10.6 Å². The van der Waals surface area contributed by atoms with Crippen LogP contribution in [0.2, 0.25) is 0 Å². The molecule has 1 aromatic carbocycles. The first-order valence-electron chi connectivity index (χ1n) is 6.50. The second kappa shape index (κ2) is 4.40. The Morgan fingerprint density at radius 2 is 2.00 bits per heavy atom. The summed E-state index contributed by atoms with van der Waals surface area (Å²) in [7, 11) is 0. The Balaban J connectivity index is 1.76. The van der Waals surface area contributed by atoms with Crippen LogP contribution in [0.4, 0.5) is 11.4 Å². The molecule has 1 saturated carbocycles. The van der Waals surface area contributed by atoms with Gasteiger partial charge in [-0.05, 0) is 43.0 Å². The lowest BCUT2D eigenvalue weighted by atomic mass is 10.0. The maximum atomic E-state index is 11.3. The molecule has 90 valence electrons. The average Bonchev–Trinajstić information content (AvgIpc) is 2.82.